The van der Waals surface area contributed by atoms with E-state index in [-0.39, 0.29) is 16.3 Å². The molecule has 0 spiro atoms. The van der Waals surface area contributed by atoms with Gasteiger partial charge in [0.05, 0.1) is 15.5 Å². The average molecular weight is 416 g/mol. The molecule has 3 rings (SSSR count). The van der Waals surface area contributed by atoms with Gasteiger partial charge in [0.2, 0.25) is 0 Å². The van der Waals surface area contributed by atoms with E-state index >= 15 is 0 Å². The second kappa shape index (κ2) is 8.82. The smallest absolute Gasteiger partial charge is 0.271 e. The molecular formula is C19H20N4O5S. The number of benzene rings is 2. The highest BCUT2D eigenvalue weighted by Gasteiger charge is 2.28. The minimum atomic E-state index is -4.13. The Bertz CT molecular complexity index is 1030. The molecule has 0 heterocycles. The number of sulfonamides is 1. The summed E-state index contributed by atoms with van der Waals surface area (Å²) in [5.74, 6) is -0.629. The number of hydrogen-bond donors (Lipinski definition) is 1. The number of hydrazone groups is 1. The molecule has 0 unspecified atom stereocenters. The first-order chi connectivity index (χ1) is 13.9. The maximum absolute atomic E-state index is 13.2. The number of anilines is 1. The van der Waals surface area contributed by atoms with Crippen molar-refractivity contribution in [3.05, 3.63) is 64.7 Å². The molecule has 2 aromatic carbocycles. The van der Waals surface area contributed by atoms with Gasteiger partial charge in [-0.3, -0.25) is 19.2 Å². The zero-order chi connectivity index (χ0) is 20.9. The summed E-state index contributed by atoms with van der Waals surface area (Å²) in [6.07, 6.45) is 3.63. The van der Waals surface area contributed by atoms with Crippen LogP contribution < -0.4 is 9.73 Å². The van der Waals surface area contributed by atoms with Crippen molar-refractivity contribution in [3.8, 4) is 0 Å². The van der Waals surface area contributed by atoms with E-state index in [0.717, 1.165) is 41.8 Å². The Hall–Kier alpha value is -3.27. The summed E-state index contributed by atoms with van der Waals surface area (Å²) in [4.78, 5) is 22.9. The molecule has 0 aromatic heterocycles. The normalized spacial score (nSPS) is 13.7. The van der Waals surface area contributed by atoms with Crippen molar-refractivity contribution in [2.75, 3.05) is 10.8 Å². The monoisotopic (exact) mass is 416 g/mol. The van der Waals surface area contributed by atoms with Crippen molar-refractivity contribution >= 4 is 33.0 Å². The van der Waals surface area contributed by atoms with Crippen LogP contribution >= 0.6 is 0 Å². The Morgan fingerprint density at radius 3 is 2.45 bits per heavy atom. The van der Waals surface area contributed by atoms with Crippen LogP contribution in [0, 0.1) is 10.1 Å². The number of non-ortho nitro benzene ring substituents is 1. The molecule has 10 heteroatoms. The van der Waals surface area contributed by atoms with Gasteiger partial charge in [0.1, 0.15) is 6.54 Å². The van der Waals surface area contributed by atoms with E-state index in [1.54, 1.807) is 18.2 Å². The first-order valence-corrected chi connectivity index (χ1v) is 10.5. The van der Waals surface area contributed by atoms with E-state index in [1.165, 1.54) is 30.3 Å². The molecule has 1 N–H and O–H groups in total. The molecule has 0 saturated heterocycles. The third-order valence-corrected chi connectivity index (χ3v) is 6.25. The second-order valence-corrected chi connectivity index (χ2v) is 8.38. The number of carbonyl (C=O) groups excluding carboxylic acids is 1. The van der Waals surface area contributed by atoms with Crippen LogP contribution in [0.2, 0.25) is 0 Å². The van der Waals surface area contributed by atoms with Gasteiger partial charge in [-0.05, 0) is 43.9 Å². The largest absolute Gasteiger partial charge is 0.271 e. The predicted octanol–water partition coefficient (Wildman–Crippen LogP) is 2.84. The molecule has 1 amide bonds. The van der Waals surface area contributed by atoms with Crippen molar-refractivity contribution in [1.29, 1.82) is 0 Å². The standard InChI is InChI=1S/C19H20N4O5S/c24-19(21-20-15-7-4-5-8-15)14-22(16-9-6-10-17(13-16)23(25)26)29(27,28)18-11-2-1-3-12-18/h1-3,6,9-13H,4-5,7-8,14H2,(H,21,24). The Morgan fingerprint density at radius 1 is 1.10 bits per heavy atom. The summed E-state index contributed by atoms with van der Waals surface area (Å²) >= 11 is 0. The van der Waals surface area contributed by atoms with E-state index in [0.29, 0.717) is 0 Å². The minimum Gasteiger partial charge on any atom is -0.271 e. The third kappa shape index (κ3) is 4.96. The Kier molecular flexibility index (Phi) is 6.23. The summed E-state index contributed by atoms with van der Waals surface area (Å²) in [5.41, 5.74) is 3.01. The van der Waals surface area contributed by atoms with Gasteiger partial charge < -0.3 is 0 Å². The van der Waals surface area contributed by atoms with Crippen molar-refractivity contribution in [1.82, 2.24) is 5.43 Å². The minimum absolute atomic E-state index is 0.0201. The van der Waals surface area contributed by atoms with E-state index in [1.807, 2.05) is 0 Å². The van der Waals surface area contributed by atoms with Crippen LogP contribution in [0.15, 0.2) is 64.6 Å². The quantitative estimate of drug-likeness (QED) is 0.549. The number of nitrogens with zero attached hydrogens (tertiary/aromatic N) is 3. The maximum atomic E-state index is 13.2. The molecule has 0 aliphatic heterocycles. The van der Waals surface area contributed by atoms with Gasteiger partial charge >= 0.3 is 0 Å². The fraction of sp³-hybridized carbons (Fsp3) is 0.263. The van der Waals surface area contributed by atoms with E-state index in [2.05, 4.69) is 10.5 Å². The highest BCUT2D eigenvalue weighted by molar-refractivity contribution is 7.92. The number of nitro groups is 1. The van der Waals surface area contributed by atoms with Crippen LogP contribution in [-0.4, -0.2) is 31.5 Å². The van der Waals surface area contributed by atoms with Crippen molar-refractivity contribution in [3.63, 3.8) is 0 Å². The van der Waals surface area contributed by atoms with Crippen molar-refractivity contribution < 1.29 is 18.1 Å². The lowest BCUT2D eigenvalue weighted by molar-refractivity contribution is -0.384. The first-order valence-electron chi connectivity index (χ1n) is 9.04. The van der Waals surface area contributed by atoms with E-state index < -0.39 is 27.4 Å². The SMILES string of the molecule is O=C(CN(c1cccc([N+](=O)[O-])c1)S(=O)(=O)c1ccccc1)NN=C1CCCC1. The van der Waals surface area contributed by atoms with Gasteiger partial charge in [0.15, 0.2) is 0 Å². The lowest BCUT2D eigenvalue weighted by Crippen LogP contribution is -2.39. The summed E-state index contributed by atoms with van der Waals surface area (Å²) in [5, 5.41) is 15.2. The molecule has 152 valence electrons. The molecule has 0 bridgehead atoms. The summed E-state index contributed by atoms with van der Waals surface area (Å²) in [6, 6.07) is 12.7. The number of amides is 1. The van der Waals surface area contributed by atoms with Crippen LogP contribution in [-0.2, 0) is 14.8 Å². The topological polar surface area (TPSA) is 122 Å². The fourth-order valence-corrected chi connectivity index (χ4v) is 4.43. The number of carbonyl (C=O) groups is 1. The molecule has 0 atom stereocenters. The number of nitro benzene ring substituents is 1. The maximum Gasteiger partial charge on any atom is 0.271 e. The zero-order valence-corrected chi connectivity index (χ0v) is 16.3. The first kappa shape index (κ1) is 20.5. The number of rotatable bonds is 7. The van der Waals surface area contributed by atoms with Gasteiger partial charge in [-0.2, -0.15) is 5.10 Å². The van der Waals surface area contributed by atoms with E-state index in [4.69, 9.17) is 0 Å². The Labute approximate surface area is 168 Å². The second-order valence-electron chi connectivity index (χ2n) is 6.52. The highest BCUT2D eigenvalue weighted by Crippen LogP contribution is 2.26. The van der Waals surface area contributed by atoms with Gasteiger partial charge in [-0.25, -0.2) is 13.8 Å². The third-order valence-electron chi connectivity index (χ3n) is 4.47. The molecule has 1 aliphatic carbocycles. The highest BCUT2D eigenvalue weighted by atomic mass is 32.2. The fourth-order valence-electron chi connectivity index (χ4n) is 3.00. The summed E-state index contributed by atoms with van der Waals surface area (Å²) in [6.45, 7) is -0.560. The molecule has 29 heavy (non-hydrogen) atoms. The van der Waals surface area contributed by atoms with Crippen molar-refractivity contribution in [2.45, 2.75) is 30.6 Å². The molecular weight excluding hydrogens is 396 g/mol. The van der Waals surface area contributed by atoms with Crippen LogP contribution in [0.1, 0.15) is 25.7 Å². The van der Waals surface area contributed by atoms with Gasteiger partial charge in [-0.15, -0.1) is 0 Å². The lowest BCUT2D eigenvalue weighted by atomic mass is 10.3. The molecule has 9 nitrogen and oxygen atoms in total. The number of hydrogen-bond acceptors (Lipinski definition) is 6. The van der Waals surface area contributed by atoms with Crippen LogP contribution in [0.3, 0.4) is 0 Å². The molecule has 0 radical (unpaired) electrons. The predicted molar refractivity (Wildman–Crippen MR) is 108 cm³/mol. The van der Waals surface area contributed by atoms with Crippen LogP contribution in [0.4, 0.5) is 11.4 Å². The summed E-state index contributed by atoms with van der Waals surface area (Å²) in [7, 11) is -4.13. The lowest BCUT2D eigenvalue weighted by Gasteiger charge is -2.23. The molecule has 1 aliphatic rings. The van der Waals surface area contributed by atoms with Crippen molar-refractivity contribution in [2.24, 2.45) is 5.10 Å². The van der Waals surface area contributed by atoms with Crippen LogP contribution in [0.5, 0.6) is 0 Å². The van der Waals surface area contributed by atoms with E-state index in [9.17, 15) is 23.3 Å². The van der Waals surface area contributed by atoms with Gasteiger partial charge in [-0.1, -0.05) is 24.3 Å². The zero-order valence-electron chi connectivity index (χ0n) is 15.5. The molecule has 1 fully saturated rings. The molecule has 2 aromatic rings. The molecule has 1 saturated carbocycles. The average Bonchev–Trinajstić information content (AvgIpc) is 3.25. The Morgan fingerprint density at radius 2 is 1.79 bits per heavy atom. The number of nitrogens with one attached hydrogen (secondary N) is 1. The Balaban J connectivity index is 1.93. The summed E-state index contributed by atoms with van der Waals surface area (Å²) < 4.78 is 27.1. The van der Waals surface area contributed by atoms with Crippen LogP contribution in [0.25, 0.3) is 0 Å². The van der Waals surface area contributed by atoms with Gasteiger partial charge in [0.25, 0.3) is 21.6 Å². The van der Waals surface area contributed by atoms with Gasteiger partial charge in [0, 0.05) is 17.8 Å².